The highest BCUT2D eigenvalue weighted by atomic mass is 79.9. The highest BCUT2D eigenvalue weighted by Crippen LogP contribution is 2.44. The van der Waals surface area contributed by atoms with E-state index in [0.29, 0.717) is 10.2 Å². The zero-order valence-electron chi connectivity index (χ0n) is 11.6. The number of benzene rings is 1. The van der Waals surface area contributed by atoms with Crippen LogP contribution in [0.15, 0.2) is 15.0 Å². The molecule has 0 spiro atoms. The number of methoxy groups -OCH3 is 1. The molecule has 0 aromatic heterocycles. The van der Waals surface area contributed by atoms with E-state index in [1.807, 2.05) is 0 Å². The first kappa shape index (κ1) is 19.0. The number of piperazine rings is 1. The molecule has 1 aliphatic heterocycles. The van der Waals surface area contributed by atoms with Gasteiger partial charge in [0.15, 0.2) is 11.5 Å². The minimum Gasteiger partial charge on any atom is -0.503 e. The molecular formula is C13H19Br2ClN2O3. The number of aliphatic hydroxyl groups excluding tert-OH is 1. The summed E-state index contributed by atoms with van der Waals surface area (Å²) >= 11 is 6.84. The molecule has 1 aromatic carbocycles. The maximum Gasteiger partial charge on any atom is 0.173 e. The molecule has 1 atom stereocenters. The second-order valence-corrected chi connectivity index (χ2v) is 6.21. The van der Waals surface area contributed by atoms with Crippen molar-refractivity contribution in [3.63, 3.8) is 0 Å². The van der Waals surface area contributed by atoms with Gasteiger partial charge in [-0.3, -0.25) is 4.90 Å². The van der Waals surface area contributed by atoms with E-state index in [2.05, 4.69) is 42.1 Å². The van der Waals surface area contributed by atoms with Crippen LogP contribution in [-0.4, -0.2) is 55.0 Å². The highest BCUT2D eigenvalue weighted by molar-refractivity contribution is 9.13. The predicted molar refractivity (Wildman–Crippen MR) is 91.6 cm³/mol. The van der Waals surface area contributed by atoms with E-state index in [0.717, 1.165) is 36.2 Å². The van der Waals surface area contributed by atoms with Crippen molar-refractivity contribution in [1.29, 1.82) is 0 Å². The molecule has 0 aliphatic carbocycles. The first-order valence-electron chi connectivity index (χ1n) is 6.40. The summed E-state index contributed by atoms with van der Waals surface area (Å²) in [6.45, 7) is 3.57. The first-order chi connectivity index (χ1) is 9.60. The minimum atomic E-state index is -0.128. The van der Waals surface area contributed by atoms with Crippen molar-refractivity contribution in [3.8, 4) is 11.5 Å². The maximum absolute atomic E-state index is 9.98. The van der Waals surface area contributed by atoms with Crippen LogP contribution in [-0.2, 0) is 0 Å². The fraction of sp³-hybridized carbons (Fsp3) is 0.538. The van der Waals surface area contributed by atoms with Gasteiger partial charge in [0.2, 0.25) is 0 Å². The Morgan fingerprint density at radius 2 is 1.95 bits per heavy atom. The molecule has 1 saturated heterocycles. The van der Waals surface area contributed by atoms with Crippen molar-refractivity contribution < 1.29 is 14.9 Å². The average molecular weight is 447 g/mol. The number of aromatic hydroxyl groups is 1. The largest absolute Gasteiger partial charge is 0.503 e. The summed E-state index contributed by atoms with van der Waals surface area (Å²) in [4.78, 5) is 2.22. The molecule has 1 heterocycles. The maximum atomic E-state index is 9.98. The third-order valence-electron chi connectivity index (χ3n) is 3.52. The number of nitrogens with one attached hydrogen (secondary N) is 1. The normalized spacial score (nSPS) is 17.1. The van der Waals surface area contributed by atoms with Crippen LogP contribution in [0.3, 0.4) is 0 Å². The van der Waals surface area contributed by atoms with Crippen molar-refractivity contribution in [2.45, 2.75) is 6.04 Å². The van der Waals surface area contributed by atoms with Crippen LogP contribution in [0.4, 0.5) is 0 Å². The average Bonchev–Trinajstić information content (AvgIpc) is 2.49. The summed E-state index contributed by atoms with van der Waals surface area (Å²) in [5.41, 5.74) is 0.899. The monoisotopic (exact) mass is 444 g/mol. The van der Waals surface area contributed by atoms with Crippen LogP contribution in [0, 0.1) is 0 Å². The number of phenols is 1. The quantitative estimate of drug-likeness (QED) is 0.663. The summed E-state index contributed by atoms with van der Waals surface area (Å²) in [7, 11) is 1.51. The lowest BCUT2D eigenvalue weighted by Gasteiger charge is -2.35. The molecule has 120 valence electrons. The molecule has 1 aromatic rings. The van der Waals surface area contributed by atoms with Gasteiger partial charge < -0.3 is 20.3 Å². The van der Waals surface area contributed by atoms with Crippen LogP contribution in [0.2, 0.25) is 0 Å². The first-order valence-corrected chi connectivity index (χ1v) is 7.99. The van der Waals surface area contributed by atoms with Crippen LogP contribution >= 0.6 is 44.3 Å². The van der Waals surface area contributed by atoms with E-state index in [1.54, 1.807) is 6.07 Å². The van der Waals surface area contributed by atoms with Crippen molar-refractivity contribution in [3.05, 3.63) is 20.6 Å². The minimum absolute atomic E-state index is 0. The Morgan fingerprint density at radius 3 is 2.48 bits per heavy atom. The number of phenolic OH excluding ortho intramolecular Hbond substituents is 1. The van der Waals surface area contributed by atoms with Crippen molar-refractivity contribution in [2.24, 2.45) is 0 Å². The fourth-order valence-corrected chi connectivity index (χ4v) is 3.40. The molecule has 0 unspecified atom stereocenters. The number of ether oxygens (including phenoxy) is 1. The third kappa shape index (κ3) is 4.03. The number of halogens is 3. The van der Waals surface area contributed by atoms with E-state index in [-0.39, 0.29) is 30.8 Å². The van der Waals surface area contributed by atoms with Crippen molar-refractivity contribution in [1.82, 2.24) is 10.2 Å². The molecule has 8 heteroatoms. The van der Waals surface area contributed by atoms with E-state index in [4.69, 9.17) is 4.74 Å². The van der Waals surface area contributed by atoms with E-state index < -0.39 is 0 Å². The second kappa shape index (κ2) is 8.55. The summed E-state index contributed by atoms with van der Waals surface area (Å²) < 4.78 is 6.48. The Kier molecular flexibility index (Phi) is 7.73. The van der Waals surface area contributed by atoms with E-state index >= 15 is 0 Å². The smallest absolute Gasteiger partial charge is 0.173 e. The summed E-state index contributed by atoms with van der Waals surface area (Å²) in [6, 6.07) is 1.64. The fourth-order valence-electron chi connectivity index (χ4n) is 2.41. The molecular weight excluding hydrogens is 427 g/mol. The lowest BCUT2D eigenvalue weighted by molar-refractivity contribution is 0.110. The van der Waals surface area contributed by atoms with Gasteiger partial charge in [-0.1, -0.05) is 0 Å². The van der Waals surface area contributed by atoms with Gasteiger partial charge in [-0.25, -0.2) is 0 Å². The molecule has 5 nitrogen and oxygen atoms in total. The lowest BCUT2D eigenvalue weighted by Crippen LogP contribution is -2.46. The standard InChI is InChI=1S/C13H18Br2N2O3.ClH/c1-20-10-6-8(11(14)12(15)13(10)19)9(7-18)17-4-2-16-3-5-17;/h6,9,16,18-19H,2-5,7H2,1H3;1H/t9-;/m1./s1. The zero-order valence-corrected chi connectivity index (χ0v) is 15.6. The number of hydrogen-bond donors (Lipinski definition) is 3. The SMILES string of the molecule is COc1cc([C@@H](CO)N2CCNCC2)c(Br)c(Br)c1O.Cl. The Bertz CT molecular complexity index is 485. The van der Waals surface area contributed by atoms with Crippen LogP contribution in [0.1, 0.15) is 11.6 Å². The molecule has 2 rings (SSSR count). The molecule has 0 amide bonds. The van der Waals surface area contributed by atoms with E-state index in [1.165, 1.54) is 7.11 Å². The Hall–Kier alpha value is -0.0500. The lowest BCUT2D eigenvalue weighted by atomic mass is 10.0. The Morgan fingerprint density at radius 1 is 1.33 bits per heavy atom. The van der Waals surface area contributed by atoms with Gasteiger partial charge in [-0.05, 0) is 43.5 Å². The zero-order chi connectivity index (χ0) is 14.7. The molecule has 0 bridgehead atoms. The molecule has 1 fully saturated rings. The Balaban J connectivity index is 0.00000220. The summed E-state index contributed by atoms with van der Waals surface area (Å²) in [5.74, 6) is 0.448. The highest BCUT2D eigenvalue weighted by Gasteiger charge is 2.26. The van der Waals surface area contributed by atoms with Gasteiger partial charge in [0.05, 0.1) is 24.2 Å². The molecule has 21 heavy (non-hydrogen) atoms. The van der Waals surface area contributed by atoms with Gasteiger partial charge in [-0.15, -0.1) is 12.4 Å². The van der Waals surface area contributed by atoms with Gasteiger partial charge in [0.25, 0.3) is 0 Å². The predicted octanol–water partition coefficient (Wildman–Crippen LogP) is 2.29. The topological polar surface area (TPSA) is 65.0 Å². The van der Waals surface area contributed by atoms with E-state index in [9.17, 15) is 10.2 Å². The number of rotatable bonds is 4. The molecule has 0 saturated carbocycles. The molecule has 0 radical (unpaired) electrons. The van der Waals surface area contributed by atoms with Crippen LogP contribution in [0.25, 0.3) is 0 Å². The summed E-state index contributed by atoms with van der Waals surface area (Å²) in [5, 5.41) is 23.1. The van der Waals surface area contributed by atoms with Crippen LogP contribution in [0.5, 0.6) is 11.5 Å². The van der Waals surface area contributed by atoms with Gasteiger partial charge in [-0.2, -0.15) is 0 Å². The van der Waals surface area contributed by atoms with Gasteiger partial charge in [0.1, 0.15) is 0 Å². The molecule has 1 aliphatic rings. The second-order valence-electron chi connectivity index (χ2n) is 4.63. The summed E-state index contributed by atoms with van der Waals surface area (Å²) in [6.07, 6.45) is 0. The van der Waals surface area contributed by atoms with Gasteiger partial charge in [0, 0.05) is 30.7 Å². The number of aliphatic hydroxyl groups is 1. The molecule has 3 N–H and O–H groups in total. The number of nitrogens with zero attached hydrogens (tertiary/aromatic N) is 1. The van der Waals surface area contributed by atoms with Crippen molar-refractivity contribution in [2.75, 3.05) is 39.9 Å². The number of hydrogen-bond acceptors (Lipinski definition) is 5. The van der Waals surface area contributed by atoms with Crippen LogP contribution < -0.4 is 10.1 Å². The Labute approximate surface area is 147 Å². The van der Waals surface area contributed by atoms with Gasteiger partial charge >= 0.3 is 0 Å². The van der Waals surface area contributed by atoms with Crippen molar-refractivity contribution >= 4 is 44.3 Å². The third-order valence-corrected chi connectivity index (χ3v) is 5.68.